The molecule has 5 heteroatoms. The molecule has 0 aromatic heterocycles. The number of rotatable bonds is 9. The number of hydrogen-bond acceptors (Lipinski definition) is 4. The minimum Gasteiger partial charge on any atom is -0.491 e. The Labute approximate surface area is 132 Å². The number of nitrogens with zero attached hydrogens (tertiary/aromatic N) is 1. The molecule has 1 unspecified atom stereocenters. The molecule has 4 nitrogen and oxygen atoms in total. The van der Waals surface area contributed by atoms with E-state index in [1.807, 2.05) is 24.3 Å². The molecule has 0 saturated carbocycles. The van der Waals surface area contributed by atoms with Crippen molar-refractivity contribution in [1.29, 1.82) is 0 Å². The van der Waals surface area contributed by atoms with Gasteiger partial charge in [0.05, 0.1) is 0 Å². The van der Waals surface area contributed by atoms with Crippen molar-refractivity contribution in [3.05, 3.63) is 29.8 Å². The summed E-state index contributed by atoms with van der Waals surface area (Å²) in [6, 6.07) is 7.69. The molecule has 0 aliphatic rings. The van der Waals surface area contributed by atoms with Crippen molar-refractivity contribution in [3.8, 4) is 5.75 Å². The second-order valence-electron chi connectivity index (χ2n) is 5.44. The maximum atomic E-state index is 10.1. The summed E-state index contributed by atoms with van der Waals surface area (Å²) in [5.74, 6) is 0.709. The van der Waals surface area contributed by atoms with Crippen molar-refractivity contribution in [3.63, 3.8) is 0 Å². The van der Waals surface area contributed by atoms with Crippen molar-refractivity contribution < 1.29 is 9.84 Å². The molecule has 0 saturated heterocycles. The Balaban J connectivity index is 2.44. The summed E-state index contributed by atoms with van der Waals surface area (Å²) in [5, 5.41) is 10.1. The molecule has 1 atom stereocenters. The van der Waals surface area contributed by atoms with Crippen LogP contribution in [-0.2, 0) is 0 Å². The zero-order valence-corrected chi connectivity index (χ0v) is 13.9. The maximum Gasteiger partial charge on any atom is 0.119 e. The first-order chi connectivity index (χ1) is 9.93. The summed E-state index contributed by atoms with van der Waals surface area (Å²) in [6.45, 7) is 8.30. The Morgan fingerprint density at radius 2 is 1.95 bits per heavy atom. The number of aliphatic hydroxyl groups is 1. The van der Waals surface area contributed by atoms with E-state index < -0.39 is 6.10 Å². The van der Waals surface area contributed by atoms with Gasteiger partial charge in [-0.2, -0.15) is 0 Å². The van der Waals surface area contributed by atoms with Crippen LogP contribution in [0.1, 0.15) is 32.8 Å². The van der Waals surface area contributed by atoms with Crippen molar-refractivity contribution >= 4 is 17.2 Å². The average Bonchev–Trinajstić information content (AvgIpc) is 2.45. The predicted molar refractivity (Wildman–Crippen MR) is 90.8 cm³/mol. The van der Waals surface area contributed by atoms with Gasteiger partial charge in [0.15, 0.2) is 0 Å². The Kier molecular flexibility index (Phi) is 7.64. The highest BCUT2D eigenvalue weighted by Gasteiger charge is 2.14. The van der Waals surface area contributed by atoms with Crippen LogP contribution in [0.4, 0.5) is 0 Å². The molecule has 118 valence electrons. The molecule has 0 aliphatic heterocycles. The monoisotopic (exact) mass is 310 g/mol. The van der Waals surface area contributed by atoms with E-state index in [9.17, 15) is 5.11 Å². The van der Waals surface area contributed by atoms with Crippen LogP contribution in [0.25, 0.3) is 0 Å². The lowest BCUT2D eigenvalue weighted by molar-refractivity contribution is 0.0575. The fourth-order valence-corrected chi connectivity index (χ4v) is 2.21. The third-order valence-corrected chi connectivity index (χ3v) is 3.50. The first-order valence-electron chi connectivity index (χ1n) is 7.38. The van der Waals surface area contributed by atoms with Crippen LogP contribution in [0.3, 0.4) is 0 Å². The molecule has 1 aromatic carbocycles. The van der Waals surface area contributed by atoms with Crippen LogP contribution in [0.15, 0.2) is 24.3 Å². The van der Waals surface area contributed by atoms with E-state index in [0.717, 1.165) is 18.5 Å². The highest BCUT2D eigenvalue weighted by molar-refractivity contribution is 7.80. The van der Waals surface area contributed by atoms with Crippen LogP contribution in [0.2, 0.25) is 0 Å². The molecular weight excluding hydrogens is 284 g/mol. The summed E-state index contributed by atoms with van der Waals surface area (Å²) in [4.78, 5) is 2.62. The Bertz CT molecular complexity index is 434. The molecule has 3 N–H and O–H groups in total. The number of hydrogen-bond donors (Lipinski definition) is 2. The molecule has 0 spiro atoms. The number of ether oxygens (including phenoxy) is 1. The normalized spacial score (nSPS) is 12.7. The molecule has 0 amide bonds. The van der Waals surface area contributed by atoms with Gasteiger partial charge in [-0.15, -0.1) is 0 Å². The predicted octanol–water partition coefficient (Wildman–Crippen LogP) is 2.18. The van der Waals surface area contributed by atoms with Gasteiger partial charge in [0.25, 0.3) is 0 Å². The lowest BCUT2D eigenvalue weighted by Gasteiger charge is -2.28. The third kappa shape index (κ3) is 6.42. The first-order valence-corrected chi connectivity index (χ1v) is 7.79. The van der Waals surface area contributed by atoms with Crippen molar-refractivity contribution in [2.45, 2.75) is 39.3 Å². The van der Waals surface area contributed by atoms with Gasteiger partial charge in [-0.05, 0) is 51.1 Å². The van der Waals surface area contributed by atoms with Gasteiger partial charge in [-0.3, -0.25) is 4.90 Å². The SMILES string of the molecule is CCCN(CC(O)COc1ccc(C(N)=S)cc1)C(C)C. The fraction of sp³-hybridized carbons (Fsp3) is 0.562. The van der Waals surface area contributed by atoms with Crippen molar-refractivity contribution in [1.82, 2.24) is 4.90 Å². The molecule has 0 aliphatic carbocycles. The second-order valence-corrected chi connectivity index (χ2v) is 5.88. The van der Waals surface area contributed by atoms with Crippen LogP contribution >= 0.6 is 12.2 Å². The van der Waals surface area contributed by atoms with E-state index in [0.29, 0.717) is 23.3 Å². The van der Waals surface area contributed by atoms with Gasteiger partial charge < -0.3 is 15.6 Å². The zero-order chi connectivity index (χ0) is 15.8. The quantitative estimate of drug-likeness (QED) is 0.685. The van der Waals surface area contributed by atoms with E-state index >= 15 is 0 Å². The van der Waals surface area contributed by atoms with E-state index in [-0.39, 0.29) is 6.61 Å². The number of aliphatic hydroxyl groups excluding tert-OH is 1. The summed E-state index contributed by atoms with van der Waals surface area (Å²) in [5.41, 5.74) is 6.35. The lowest BCUT2D eigenvalue weighted by atomic mass is 10.2. The maximum absolute atomic E-state index is 10.1. The van der Waals surface area contributed by atoms with Gasteiger partial charge in [0.1, 0.15) is 23.4 Å². The minimum atomic E-state index is -0.505. The van der Waals surface area contributed by atoms with Crippen LogP contribution < -0.4 is 10.5 Å². The number of thiocarbonyl (C=S) groups is 1. The van der Waals surface area contributed by atoms with Crippen LogP contribution in [0, 0.1) is 0 Å². The zero-order valence-electron chi connectivity index (χ0n) is 13.1. The summed E-state index contributed by atoms with van der Waals surface area (Å²) >= 11 is 4.90. The molecule has 1 aromatic rings. The molecule has 0 radical (unpaired) electrons. The summed E-state index contributed by atoms with van der Waals surface area (Å²) in [7, 11) is 0. The Morgan fingerprint density at radius 3 is 2.43 bits per heavy atom. The number of benzene rings is 1. The largest absolute Gasteiger partial charge is 0.491 e. The van der Waals surface area contributed by atoms with E-state index in [2.05, 4.69) is 25.7 Å². The van der Waals surface area contributed by atoms with Gasteiger partial charge in [0.2, 0.25) is 0 Å². The third-order valence-electron chi connectivity index (χ3n) is 3.27. The molecule has 21 heavy (non-hydrogen) atoms. The molecule has 0 heterocycles. The Hall–Kier alpha value is -1.17. The highest BCUT2D eigenvalue weighted by Crippen LogP contribution is 2.13. The number of nitrogens with two attached hydrogens (primary N) is 1. The highest BCUT2D eigenvalue weighted by atomic mass is 32.1. The van der Waals surface area contributed by atoms with E-state index in [1.165, 1.54) is 0 Å². The molecule has 0 fully saturated rings. The van der Waals surface area contributed by atoms with Crippen LogP contribution in [-0.4, -0.2) is 46.8 Å². The van der Waals surface area contributed by atoms with E-state index in [4.69, 9.17) is 22.7 Å². The molecule has 1 rings (SSSR count). The summed E-state index contributed by atoms with van der Waals surface area (Å²) in [6.07, 6.45) is 0.570. The van der Waals surface area contributed by atoms with Crippen LogP contribution in [0.5, 0.6) is 5.75 Å². The van der Waals surface area contributed by atoms with Gasteiger partial charge in [-0.25, -0.2) is 0 Å². The Morgan fingerprint density at radius 1 is 1.33 bits per heavy atom. The van der Waals surface area contributed by atoms with Gasteiger partial charge >= 0.3 is 0 Å². The standard InChI is InChI=1S/C16H26N2O2S/c1-4-9-18(12(2)3)10-14(19)11-20-15-7-5-13(6-8-15)16(17)21/h5-8,12,14,19H,4,9-11H2,1-3H3,(H2,17,21). The lowest BCUT2D eigenvalue weighted by Crippen LogP contribution is -2.40. The van der Waals surface area contributed by atoms with Crippen molar-refractivity contribution in [2.24, 2.45) is 5.73 Å². The first kappa shape index (κ1) is 17.9. The molecular formula is C16H26N2O2S. The minimum absolute atomic E-state index is 0.277. The van der Waals surface area contributed by atoms with E-state index in [1.54, 1.807) is 0 Å². The van der Waals surface area contributed by atoms with Gasteiger partial charge in [-0.1, -0.05) is 19.1 Å². The molecule has 0 bridgehead atoms. The topological polar surface area (TPSA) is 58.7 Å². The average molecular weight is 310 g/mol. The summed E-state index contributed by atoms with van der Waals surface area (Å²) < 4.78 is 5.60. The smallest absolute Gasteiger partial charge is 0.119 e. The van der Waals surface area contributed by atoms with Crippen molar-refractivity contribution in [2.75, 3.05) is 19.7 Å². The van der Waals surface area contributed by atoms with Gasteiger partial charge in [0, 0.05) is 18.2 Å². The fourth-order valence-electron chi connectivity index (χ4n) is 2.08. The second kappa shape index (κ2) is 8.97.